The van der Waals surface area contributed by atoms with E-state index in [2.05, 4.69) is 31.5 Å². The molecule has 2 N–H and O–H groups in total. The molecule has 0 radical (unpaired) electrons. The molecule has 0 saturated heterocycles. The van der Waals surface area contributed by atoms with Crippen LogP contribution >= 0.6 is 15.9 Å². The fourth-order valence-corrected chi connectivity index (χ4v) is 2.11. The van der Waals surface area contributed by atoms with E-state index < -0.39 is 0 Å². The van der Waals surface area contributed by atoms with Crippen molar-refractivity contribution in [2.24, 2.45) is 0 Å². The normalized spacial score (nSPS) is 12.2. The minimum atomic E-state index is -0.300. The number of nitrogens with one attached hydrogen (secondary N) is 2. The predicted octanol–water partition coefficient (Wildman–Crippen LogP) is 2.54. The van der Waals surface area contributed by atoms with Crippen LogP contribution in [0.1, 0.15) is 6.92 Å². The van der Waals surface area contributed by atoms with Gasteiger partial charge >= 0.3 is 0 Å². The van der Waals surface area contributed by atoms with Crippen molar-refractivity contribution < 1.29 is 4.79 Å². The third-order valence-corrected chi connectivity index (χ3v) is 3.12. The smallest absolute Gasteiger partial charge is 0.241 e. The molecule has 18 heavy (non-hydrogen) atoms. The Labute approximate surface area is 114 Å². The Bertz CT molecular complexity index is 585. The maximum atomic E-state index is 11.5. The lowest BCUT2D eigenvalue weighted by Gasteiger charge is -2.15. The summed E-state index contributed by atoms with van der Waals surface area (Å²) in [6.07, 6.45) is 1.75. The third-order valence-electron chi connectivity index (χ3n) is 2.69. The molecular formula is C13H14BrN3O. The summed E-state index contributed by atoms with van der Waals surface area (Å²) in [5.74, 6) is -0.0517. The Kier molecular flexibility index (Phi) is 3.81. The molecule has 0 saturated carbocycles. The van der Waals surface area contributed by atoms with Crippen molar-refractivity contribution in [1.82, 2.24) is 10.3 Å². The highest BCUT2D eigenvalue weighted by Gasteiger charge is 2.12. The van der Waals surface area contributed by atoms with Crippen LogP contribution in [0.15, 0.2) is 34.9 Å². The first-order chi connectivity index (χ1) is 8.61. The van der Waals surface area contributed by atoms with E-state index in [1.54, 1.807) is 13.2 Å². The molecule has 0 bridgehead atoms. The number of fused-ring (bicyclic) bond motifs is 1. The van der Waals surface area contributed by atoms with E-state index in [1.165, 1.54) is 0 Å². The molecule has 0 aliphatic carbocycles. The van der Waals surface area contributed by atoms with Crippen LogP contribution in [0, 0.1) is 0 Å². The zero-order valence-corrected chi connectivity index (χ0v) is 11.8. The summed E-state index contributed by atoms with van der Waals surface area (Å²) in [5, 5.41) is 6.80. The van der Waals surface area contributed by atoms with Crippen molar-refractivity contribution in [3.05, 3.63) is 34.9 Å². The monoisotopic (exact) mass is 307 g/mol. The lowest BCUT2D eigenvalue weighted by Crippen LogP contribution is -2.35. The van der Waals surface area contributed by atoms with Crippen LogP contribution in [-0.2, 0) is 4.79 Å². The molecule has 4 nitrogen and oxygen atoms in total. The molecule has 0 fully saturated rings. The molecule has 1 heterocycles. The average molecular weight is 308 g/mol. The molecule has 5 heteroatoms. The second-order valence-electron chi connectivity index (χ2n) is 4.01. The number of pyridine rings is 1. The van der Waals surface area contributed by atoms with Gasteiger partial charge in [-0.05, 0) is 35.0 Å². The number of nitrogens with zero attached hydrogens (tertiary/aromatic N) is 1. The molecule has 1 aromatic heterocycles. The average Bonchev–Trinajstić information content (AvgIpc) is 2.37. The first-order valence-electron chi connectivity index (χ1n) is 5.64. The fraction of sp³-hybridized carbons (Fsp3) is 0.231. The molecule has 1 amide bonds. The van der Waals surface area contributed by atoms with Gasteiger partial charge in [-0.2, -0.15) is 0 Å². The molecule has 1 aromatic carbocycles. The number of aromatic nitrogens is 1. The summed E-state index contributed by atoms with van der Waals surface area (Å²) in [6.45, 7) is 1.82. The molecule has 1 unspecified atom stereocenters. The van der Waals surface area contributed by atoms with Crippen molar-refractivity contribution >= 4 is 38.4 Å². The fourth-order valence-electron chi connectivity index (χ4n) is 1.77. The van der Waals surface area contributed by atoms with Gasteiger partial charge in [0.25, 0.3) is 0 Å². The summed E-state index contributed by atoms with van der Waals surface area (Å²) in [7, 11) is 1.62. The number of benzene rings is 1. The highest BCUT2D eigenvalue weighted by atomic mass is 79.9. The van der Waals surface area contributed by atoms with E-state index in [0.29, 0.717) is 0 Å². The summed E-state index contributed by atoms with van der Waals surface area (Å²) >= 11 is 3.40. The second-order valence-corrected chi connectivity index (χ2v) is 4.93. The number of para-hydroxylation sites is 1. The minimum Gasteiger partial charge on any atom is -0.372 e. The Hall–Kier alpha value is -1.62. The van der Waals surface area contributed by atoms with Gasteiger partial charge in [-0.15, -0.1) is 0 Å². The lowest BCUT2D eigenvalue weighted by atomic mass is 10.1. The standard InChI is InChI=1S/C13H14BrN3O/c1-8(13(18)15-2)17-11-5-3-4-9-6-10(14)7-16-12(9)11/h3-8,17H,1-2H3,(H,15,18). The number of hydrogen-bond donors (Lipinski definition) is 2. The van der Waals surface area contributed by atoms with Crippen LogP contribution in [0.4, 0.5) is 5.69 Å². The van der Waals surface area contributed by atoms with Gasteiger partial charge in [0.2, 0.25) is 5.91 Å². The molecule has 0 spiro atoms. The van der Waals surface area contributed by atoms with Crippen LogP contribution in [0.2, 0.25) is 0 Å². The van der Waals surface area contributed by atoms with Crippen LogP contribution in [0.3, 0.4) is 0 Å². The van der Waals surface area contributed by atoms with Crippen molar-refractivity contribution in [3.8, 4) is 0 Å². The first kappa shape index (κ1) is 12.8. The number of likely N-dealkylation sites (N-methyl/N-ethyl adjacent to an activating group) is 1. The van der Waals surface area contributed by atoms with Gasteiger partial charge in [-0.3, -0.25) is 9.78 Å². The number of halogens is 1. The SMILES string of the molecule is CNC(=O)C(C)Nc1cccc2cc(Br)cnc12. The van der Waals surface area contributed by atoms with E-state index in [1.807, 2.05) is 31.2 Å². The Morgan fingerprint density at radius 1 is 1.44 bits per heavy atom. The van der Waals surface area contributed by atoms with Gasteiger partial charge in [0.15, 0.2) is 0 Å². The Morgan fingerprint density at radius 2 is 2.22 bits per heavy atom. The van der Waals surface area contributed by atoms with E-state index in [9.17, 15) is 4.79 Å². The summed E-state index contributed by atoms with van der Waals surface area (Å²) in [4.78, 5) is 15.9. The third kappa shape index (κ3) is 2.61. The summed E-state index contributed by atoms with van der Waals surface area (Å²) in [5.41, 5.74) is 1.72. The lowest BCUT2D eigenvalue weighted by molar-refractivity contribution is -0.121. The van der Waals surface area contributed by atoms with Gasteiger partial charge < -0.3 is 10.6 Å². The second kappa shape index (κ2) is 5.35. The molecule has 1 atom stereocenters. The van der Waals surface area contributed by atoms with Crippen molar-refractivity contribution in [3.63, 3.8) is 0 Å². The van der Waals surface area contributed by atoms with Crippen molar-refractivity contribution in [2.45, 2.75) is 13.0 Å². The van der Waals surface area contributed by atoms with Crippen LogP contribution < -0.4 is 10.6 Å². The molecule has 2 rings (SSSR count). The Morgan fingerprint density at radius 3 is 2.94 bits per heavy atom. The van der Waals surface area contributed by atoms with Crippen molar-refractivity contribution in [1.29, 1.82) is 0 Å². The van der Waals surface area contributed by atoms with Gasteiger partial charge in [-0.1, -0.05) is 12.1 Å². The number of amides is 1. The van der Waals surface area contributed by atoms with Crippen molar-refractivity contribution in [2.75, 3.05) is 12.4 Å². The summed E-state index contributed by atoms with van der Waals surface area (Å²) in [6, 6.07) is 7.55. The maximum absolute atomic E-state index is 11.5. The largest absolute Gasteiger partial charge is 0.372 e. The topological polar surface area (TPSA) is 54.0 Å². The molecule has 2 aromatic rings. The van der Waals surface area contributed by atoms with E-state index in [0.717, 1.165) is 21.1 Å². The highest BCUT2D eigenvalue weighted by molar-refractivity contribution is 9.10. The van der Waals surface area contributed by atoms with Crippen LogP contribution in [-0.4, -0.2) is 24.0 Å². The number of carbonyl (C=O) groups is 1. The van der Waals surface area contributed by atoms with Gasteiger partial charge in [0.1, 0.15) is 6.04 Å². The van der Waals surface area contributed by atoms with E-state index >= 15 is 0 Å². The van der Waals surface area contributed by atoms with Gasteiger partial charge in [0.05, 0.1) is 11.2 Å². The molecular weight excluding hydrogens is 294 g/mol. The number of rotatable bonds is 3. The zero-order chi connectivity index (χ0) is 13.1. The number of hydrogen-bond acceptors (Lipinski definition) is 3. The molecule has 94 valence electrons. The van der Waals surface area contributed by atoms with E-state index in [4.69, 9.17) is 0 Å². The quantitative estimate of drug-likeness (QED) is 0.916. The first-order valence-corrected chi connectivity index (χ1v) is 6.43. The number of carbonyl (C=O) groups excluding carboxylic acids is 1. The highest BCUT2D eigenvalue weighted by Crippen LogP contribution is 2.24. The number of anilines is 1. The summed E-state index contributed by atoms with van der Waals surface area (Å²) < 4.78 is 0.937. The van der Waals surface area contributed by atoms with Crippen LogP contribution in [0.25, 0.3) is 10.9 Å². The van der Waals surface area contributed by atoms with Crippen LogP contribution in [0.5, 0.6) is 0 Å². The van der Waals surface area contributed by atoms with Gasteiger partial charge in [0, 0.05) is 23.1 Å². The maximum Gasteiger partial charge on any atom is 0.241 e. The molecule has 0 aliphatic rings. The predicted molar refractivity (Wildman–Crippen MR) is 76.6 cm³/mol. The molecule has 0 aliphatic heterocycles. The zero-order valence-electron chi connectivity index (χ0n) is 10.2. The van der Waals surface area contributed by atoms with E-state index in [-0.39, 0.29) is 11.9 Å². The Balaban J connectivity index is 2.36. The van der Waals surface area contributed by atoms with Gasteiger partial charge in [-0.25, -0.2) is 0 Å². The minimum absolute atomic E-state index is 0.0517.